The van der Waals surface area contributed by atoms with Crippen LogP contribution in [-0.4, -0.2) is 50.0 Å². The Morgan fingerprint density at radius 2 is 2.42 bits per heavy atom. The van der Waals surface area contributed by atoms with Crippen molar-refractivity contribution in [2.45, 2.75) is 12.8 Å². The molecule has 1 rings (SSSR count). The molecule has 1 heterocycles. The molecule has 3 heteroatoms. The fourth-order valence-corrected chi connectivity index (χ4v) is 1.70. The lowest BCUT2D eigenvalue weighted by Crippen LogP contribution is -2.23. The first-order chi connectivity index (χ1) is 5.86. The summed E-state index contributed by atoms with van der Waals surface area (Å²) in [5.74, 6) is 0.521. The van der Waals surface area contributed by atoms with Crippen LogP contribution >= 0.6 is 0 Å². The first-order valence-corrected chi connectivity index (χ1v) is 4.69. The quantitative estimate of drug-likeness (QED) is 0.608. The molecule has 3 nitrogen and oxygen atoms in total. The highest BCUT2D eigenvalue weighted by Gasteiger charge is 2.20. The average Bonchev–Trinajstić information content (AvgIpc) is 2.53. The lowest BCUT2D eigenvalue weighted by Gasteiger charge is -2.14. The first kappa shape index (κ1) is 9.96. The number of nitrogens with zero attached hydrogens (tertiary/aromatic N) is 1. The minimum absolute atomic E-state index is 0.348. The fraction of sp³-hybridized carbons (Fsp3) is 1.00. The molecule has 1 N–H and O–H groups in total. The zero-order valence-electron chi connectivity index (χ0n) is 7.83. The van der Waals surface area contributed by atoms with Crippen LogP contribution in [0.1, 0.15) is 12.8 Å². The standard InChI is InChI=1S/C9H19NO2/c1-12-6-2-4-10-5-3-9(7-10)8-11/h9,11H,2-8H2,1H3/t9-/m0/s1. The van der Waals surface area contributed by atoms with Crippen molar-refractivity contribution in [1.82, 2.24) is 4.90 Å². The third-order valence-electron chi connectivity index (χ3n) is 2.45. The molecule has 0 aliphatic carbocycles. The number of hydrogen-bond donors (Lipinski definition) is 1. The van der Waals surface area contributed by atoms with E-state index in [-0.39, 0.29) is 0 Å². The minimum Gasteiger partial charge on any atom is -0.396 e. The molecule has 12 heavy (non-hydrogen) atoms. The number of methoxy groups -OCH3 is 1. The Labute approximate surface area is 74.3 Å². The normalized spacial score (nSPS) is 25.0. The van der Waals surface area contributed by atoms with Gasteiger partial charge in [0, 0.05) is 33.4 Å². The number of aliphatic hydroxyl groups is 1. The predicted molar refractivity (Wildman–Crippen MR) is 48.1 cm³/mol. The van der Waals surface area contributed by atoms with Gasteiger partial charge in [-0.25, -0.2) is 0 Å². The zero-order chi connectivity index (χ0) is 8.81. The van der Waals surface area contributed by atoms with Crippen LogP contribution in [0.2, 0.25) is 0 Å². The highest BCUT2D eigenvalue weighted by atomic mass is 16.5. The van der Waals surface area contributed by atoms with Crippen LogP contribution in [0, 0.1) is 5.92 Å². The van der Waals surface area contributed by atoms with E-state index in [0.717, 1.165) is 39.1 Å². The maximum Gasteiger partial charge on any atom is 0.0474 e. The van der Waals surface area contributed by atoms with E-state index in [2.05, 4.69) is 4.90 Å². The van der Waals surface area contributed by atoms with Crippen LogP contribution in [0.5, 0.6) is 0 Å². The maximum atomic E-state index is 8.90. The number of aliphatic hydroxyl groups excluding tert-OH is 1. The molecular formula is C9H19NO2. The Bertz CT molecular complexity index is 119. The summed E-state index contributed by atoms with van der Waals surface area (Å²) in [7, 11) is 1.74. The van der Waals surface area contributed by atoms with Gasteiger partial charge in [-0.1, -0.05) is 0 Å². The van der Waals surface area contributed by atoms with Crippen molar-refractivity contribution < 1.29 is 9.84 Å². The third-order valence-corrected chi connectivity index (χ3v) is 2.45. The molecular weight excluding hydrogens is 154 g/mol. The summed E-state index contributed by atoms with van der Waals surface area (Å²) in [4.78, 5) is 2.40. The van der Waals surface area contributed by atoms with Gasteiger partial charge in [-0.2, -0.15) is 0 Å². The summed E-state index contributed by atoms with van der Waals surface area (Å²) in [6.45, 7) is 4.53. The number of likely N-dealkylation sites (tertiary alicyclic amines) is 1. The fourth-order valence-electron chi connectivity index (χ4n) is 1.70. The molecule has 0 spiro atoms. The smallest absolute Gasteiger partial charge is 0.0474 e. The van der Waals surface area contributed by atoms with Crippen LogP contribution in [0.25, 0.3) is 0 Å². The van der Waals surface area contributed by atoms with Gasteiger partial charge in [0.15, 0.2) is 0 Å². The van der Waals surface area contributed by atoms with Gasteiger partial charge in [0.25, 0.3) is 0 Å². The second-order valence-electron chi connectivity index (χ2n) is 3.48. The Kier molecular flexibility index (Phi) is 4.58. The molecule has 1 saturated heterocycles. The third kappa shape index (κ3) is 3.09. The molecule has 1 fully saturated rings. The molecule has 0 radical (unpaired) electrons. The highest BCUT2D eigenvalue weighted by molar-refractivity contribution is 4.74. The van der Waals surface area contributed by atoms with E-state index in [1.54, 1.807) is 7.11 Å². The highest BCUT2D eigenvalue weighted by Crippen LogP contribution is 2.14. The average molecular weight is 173 g/mol. The monoisotopic (exact) mass is 173 g/mol. The van der Waals surface area contributed by atoms with E-state index in [9.17, 15) is 0 Å². The summed E-state index contributed by atoms with van der Waals surface area (Å²) < 4.78 is 4.98. The Morgan fingerprint density at radius 3 is 3.00 bits per heavy atom. The molecule has 1 atom stereocenters. The van der Waals surface area contributed by atoms with Crippen molar-refractivity contribution in [2.24, 2.45) is 5.92 Å². The summed E-state index contributed by atoms with van der Waals surface area (Å²) in [6, 6.07) is 0. The van der Waals surface area contributed by atoms with Gasteiger partial charge in [-0.05, 0) is 25.3 Å². The molecule has 0 aromatic rings. The summed E-state index contributed by atoms with van der Waals surface area (Å²) in [5.41, 5.74) is 0. The molecule has 0 aromatic heterocycles. The summed E-state index contributed by atoms with van der Waals surface area (Å²) >= 11 is 0. The number of rotatable bonds is 5. The van der Waals surface area contributed by atoms with E-state index >= 15 is 0 Å². The molecule has 1 aliphatic heterocycles. The van der Waals surface area contributed by atoms with Crippen LogP contribution in [0.4, 0.5) is 0 Å². The predicted octanol–water partition coefficient (Wildman–Crippen LogP) is 0.337. The van der Waals surface area contributed by atoms with Gasteiger partial charge in [-0.3, -0.25) is 0 Å². The number of hydrogen-bond acceptors (Lipinski definition) is 3. The second-order valence-corrected chi connectivity index (χ2v) is 3.48. The van der Waals surface area contributed by atoms with Crippen LogP contribution in [0.3, 0.4) is 0 Å². The molecule has 0 bridgehead atoms. The summed E-state index contributed by atoms with van der Waals surface area (Å²) in [5, 5.41) is 8.90. The molecule has 72 valence electrons. The van der Waals surface area contributed by atoms with E-state index in [4.69, 9.17) is 9.84 Å². The van der Waals surface area contributed by atoms with Gasteiger partial charge >= 0.3 is 0 Å². The van der Waals surface area contributed by atoms with Crippen molar-refractivity contribution in [3.8, 4) is 0 Å². The SMILES string of the molecule is COCCCN1CC[C@H](CO)C1. The van der Waals surface area contributed by atoms with E-state index in [1.165, 1.54) is 0 Å². The number of ether oxygens (including phenoxy) is 1. The maximum absolute atomic E-state index is 8.90. The van der Waals surface area contributed by atoms with Crippen molar-refractivity contribution in [3.63, 3.8) is 0 Å². The van der Waals surface area contributed by atoms with E-state index < -0.39 is 0 Å². The zero-order valence-corrected chi connectivity index (χ0v) is 7.83. The van der Waals surface area contributed by atoms with Gasteiger partial charge in [-0.15, -0.1) is 0 Å². The molecule has 1 aliphatic rings. The summed E-state index contributed by atoms with van der Waals surface area (Å²) in [6.07, 6.45) is 2.26. The Hall–Kier alpha value is -0.120. The minimum atomic E-state index is 0.348. The Balaban J connectivity index is 2.03. The van der Waals surface area contributed by atoms with Crippen molar-refractivity contribution in [1.29, 1.82) is 0 Å². The van der Waals surface area contributed by atoms with Gasteiger partial charge in [0.05, 0.1) is 0 Å². The molecule has 0 aromatic carbocycles. The molecule has 0 amide bonds. The van der Waals surface area contributed by atoms with Crippen LogP contribution in [0.15, 0.2) is 0 Å². The van der Waals surface area contributed by atoms with Crippen molar-refractivity contribution >= 4 is 0 Å². The molecule has 0 unspecified atom stereocenters. The van der Waals surface area contributed by atoms with Crippen molar-refractivity contribution in [3.05, 3.63) is 0 Å². The topological polar surface area (TPSA) is 32.7 Å². The lowest BCUT2D eigenvalue weighted by molar-refractivity contribution is 0.174. The Morgan fingerprint density at radius 1 is 1.58 bits per heavy atom. The van der Waals surface area contributed by atoms with Gasteiger partial charge in [0.1, 0.15) is 0 Å². The van der Waals surface area contributed by atoms with Crippen LogP contribution < -0.4 is 0 Å². The van der Waals surface area contributed by atoms with E-state index in [1.807, 2.05) is 0 Å². The van der Waals surface area contributed by atoms with Gasteiger partial charge in [0.2, 0.25) is 0 Å². The van der Waals surface area contributed by atoms with Crippen molar-refractivity contribution in [2.75, 3.05) is 40.0 Å². The lowest BCUT2D eigenvalue weighted by atomic mass is 10.1. The second kappa shape index (κ2) is 5.51. The van der Waals surface area contributed by atoms with E-state index in [0.29, 0.717) is 12.5 Å². The molecule has 0 saturated carbocycles. The van der Waals surface area contributed by atoms with Gasteiger partial charge < -0.3 is 14.7 Å². The van der Waals surface area contributed by atoms with Crippen LogP contribution in [-0.2, 0) is 4.74 Å². The first-order valence-electron chi connectivity index (χ1n) is 4.69. The largest absolute Gasteiger partial charge is 0.396 e.